The fourth-order valence-electron chi connectivity index (χ4n) is 4.28. The van der Waals surface area contributed by atoms with E-state index < -0.39 is 17.7 Å². The van der Waals surface area contributed by atoms with E-state index in [1.807, 2.05) is 6.92 Å². The Labute approximate surface area is 197 Å². The topological polar surface area (TPSA) is 85.3 Å². The lowest BCUT2D eigenvalue weighted by Crippen LogP contribution is -2.36. The van der Waals surface area contributed by atoms with E-state index in [9.17, 15) is 14.7 Å². The lowest BCUT2D eigenvalue weighted by Gasteiger charge is -2.27. The molecule has 2 aromatic carbocycles. The number of aliphatic hydroxyl groups is 1. The summed E-state index contributed by atoms with van der Waals surface area (Å²) < 4.78 is 16.5. The molecule has 33 heavy (non-hydrogen) atoms. The summed E-state index contributed by atoms with van der Waals surface area (Å²) in [4.78, 5) is 27.7. The molecule has 1 N–H and O–H groups in total. The number of aliphatic hydroxyl groups excluding tert-OH is 1. The first-order chi connectivity index (χ1) is 15.9. The molecule has 0 bridgehead atoms. The minimum Gasteiger partial charge on any atom is -0.507 e. The summed E-state index contributed by atoms with van der Waals surface area (Å²) >= 11 is 6.18. The Hall–Kier alpha value is -3.03. The number of ketones is 1. The molecular weight excluding hydrogens is 446 g/mol. The zero-order valence-corrected chi connectivity index (χ0v) is 19.3. The van der Waals surface area contributed by atoms with Crippen molar-refractivity contribution in [2.75, 3.05) is 26.9 Å². The van der Waals surface area contributed by atoms with Crippen LogP contribution in [0.2, 0.25) is 5.02 Å². The van der Waals surface area contributed by atoms with Crippen LogP contribution in [0.25, 0.3) is 5.76 Å². The molecule has 2 aromatic rings. The van der Waals surface area contributed by atoms with Crippen molar-refractivity contribution in [3.05, 3.63) is 64.2 Å². The second kappa shape index (κ2) is 9.85. The van der Waals surface area contributed by atoms with E-state index in [-0.39, 0.29) is 24.0 Å². The van der Waals surface area contributed by atoms with Crippen molar-refractivity contribution >= 4 is 29.1 Å². The van der Waals surface area contributed by atoms with Gasteiger partial charge in [-0.3, -0.25) is 9.59 Å². The number of halogens is 1. The van der Waals surface area contributed by atoms with E-state index in [2.05, 4.69) is 0 Å². The Balaban J connectivity index is 1.81. The first kappa shape index (κ1) is 23.1. The maximum atomic E-state index is 13.2. The molecule has 0 radical (unpaired) electrons. The van der Waals surface area contributed by atoms with Crippen molar-refractivity contribution in [3.8, 4) is 11.5 Å². The quantitative estimate of drug-likeness (QED) is 0.367. The van der Waals surface area contributed by atoms with Crippen LogP contribution in [-0.2, 0) is 14.3 Å². The van der Waals surface area contributed by atoms with Crippen LogP contribution >= 0.6 is 11.6 Å². The van der Waals surface area contributed by atoms with Crippen molar-refractivity contribution in [2.45, 2.75) is 31.9 Å². The summed E-state index contributed by atoms with van der Waals surface area (Å²) in [5.74, 6) is -0.639. The Morgan fingerprint density at radius 3 is 2.61 bits per heavy atom. The molecule has 2 atom stereocenters. The van der Waals surface area contributed by atoms with Gasteiger partial charge in [-0.25, -0.2) is 0 Å². The molecule has 7 nitrogen and oxygen atoms in total. The molecule has 174 valence electrons. The Morgan fingerprint density at radius 2 is 1.97 bits per heavy atom. The molecule has 4 rings (SSSR count). The van der Waals surface area contributed by atoms with Gasteiger partial charge in [-0.2, -0.15) is 0 Å². The summed E-state index contributed by atoms with van der Waals surface area (Å²) in [7, 11) is 1.56. The van der Waals surface area contributed by atoms with E-state index in [4.69, 9.17) is 25.8 Å². The van der Waals surface area contributed by atoms with Crippen LogP contribution in [0, 0.1) is 0 Å². The predicted octanol–water partition coefficient (Wildman–Crippen LogP) is 4.35. The number of ether oxygens (including phenoxy) is 3. The third kappa shape index (κ3) is 4.56. The fourth-order valence-corrected chi connectivity index (χ4v) is 4.45. The highest BCUT2D eigenvalue weighted by molar-refractivity contribution is 6.46. The van der Waals surface area contributed by atoms with E-state index >= 15 is 0 Å². The first-order valence-electron chi connectivity index (χ1n) is 10.9. The maximum Gasteiger partial charge on any atom is 0.295 e. The van der Waals surface area contributed by atoms with Crippen LogP contribution in [0.3, 0.4) is 0 Å². The minimum atomic E-state index is -0.758. The molecular formula is C25H26ClNO6. The van der Waals surface area contributed by atoms with Crippen LogP contribution < -0.4 is 9.47 Å². The monoisotopic (exact) mass is 471 g/mol. The summed E-state index contributed by atoms with van der Waals surface area (Å²) in [6, 6.07) is 11.1. The summed E-state index contributed by atoms with van der Waals surface area (Å²) in [6.07, 6.45) is 1.57. The predicted molar refractivity (Wildman–Crippen MR) is 124 cm³/mol. The second-order valence-electron chi connectivity index (χ2n) is 7.94. The van der Waals surface area contributed by atoms with Crippen molar-refractivity contribution in [3.63, 3.8) is 0 Å². The van der Waals surface area contributed by atoms with Crippen molar-refractivity contribution in [1.29, 1.82) is 0 Å². The van der Waals surface area contributed by atoms with Gasteiger partial charge in [0.1, 0.15) is 17.3 Å². The Bertz CT molecular complexity index is 1070. The number of hydrogen-bond acceptors (Lipinski definition) is 6. The van der Waals surface area contributed by atoms with Crippen LogP contribution in [0.1, 0.15) is 36.9 Å². The molecule has 0 aromatic heterocycles. The number of hydrogen-bond donors (Lipinski definition) is 1. The van der Waals surface area contributed by atoms with Gasteiger partial charge in [0.05, 0.1) is 36.5 Å². The normalized spacial score (nSPS) is 22.1. The number of nitrogens with zero attached hydrogens (tertiary/aromatic N) is 1. The Morgan fingerprint density at radius 1 is 1.21 bits per heavy atom. The zero-order chi connectivity index (χ0) is 23.5. The van der Waals surface area contributed by atoms with Crippen molar-refractivity contribution in [1.82, 2.24) is 4.90 Å². The zero-order valence-electron chi connectivity index (χ0n) is 18.5. The van der Waals surface area contributed by atoms with E-state index in [1.165, 1.54) is 4.90 Å². The smallest absolute Gasteiger partial charge is 0.295 e. The number of carbonyl (C=O) groups is 2. The van der Waals surface area contributed by atoms with E-state index in [1.54, 1.807) is 49.6 Å². The molecule has 2 heterocycles. The largest absolute Gasteiger partial charge is 0.507 e. The number of amides is 1. The third-order valence-corrected chi connectivity index (χ3v) is 6.21. The first-order valence-corrected chi connectivity index (χ1v) is 11.3. The molecule has 8 heteroatoms. The van der Waals surface area contributed by atoms with Crippen LogP contribution in [-0.4, -0.2) is 54.7 Å². The van der Waals surface area contributed by atoms with Gasteiger partial charge in [-0.05, 0) is 55.7 Å². The van der Waals surface area contributed by atoms with E-state index in [0.29, 0.717) is 40.9 Å². The number of rotatable bonds is 7. The lowest BCUT2D eigenvalue weighted by atomic mass is 9.95. The van der Waals surface area contributed by atoms with Gasteiger partial charge in [0.25, 0.3) is 11.7 Å². The molecule has 1 amide bonds. The fraction of sp³-hybridized carbons (Fsp3) is 0.360. The molecule has 2 saturated heterocycles. The van der Waals surface area contributed by atoms with Gasteiger partial charge in [0, 0.05) is 18.7 Å². The molecule has 2 aliphatic rings. The molecule has 2 aliphatic heterocycles. The van der Waals surface area contributed by atoms with Gasteiger partial charge in [-0.1, -0.05) is 23.7 Å². The standard InChI is InChI=1S/C25H26ClNO6/c1-3-32-20-13-16(8-11-19(20)26)23(28)21-22(15-6-9-17(31-2)10-7-15)27(25(30)24(21)29)14-18-5-4-12-33-18/h6-11,13,18,22,28H,3-5,12,14H2,1-2H3/b23-21-. The van der Waals surface area contributed by atoms with Crippen molar-refractivity contribution < 1.29 is 28.9 Å². The van der Waals surface area contributed by atoms with Crippen LogP contribution in [0.15, 0.2) is 48.0 Å². The summed E-state index contributed by atoms with van der Waals surface area (Å²) in [5.41, 5.74) is 1.05. The summed E-state index contributed by atoms with van der Waals surface area (Å²) in [6.45, 7) is 3.11. The molecule has 0 aliphatic carbocycles. The van der Waals surface area contributed by atoms with Crippen LogP contribution in [0.5, 0.6) is 11.5 Å². The van der Waals surface area contributed by atoms with E-state index in [0.717, 1.165) is 12.8 Å². The molecule has 0 saturated carbocycles. The number of likely N-dealkylation sites (tertiary alicyclic amines) is 1. The number of Topliss-reactive ketones (excluding diaryl/α,β-unsaturated/α-hetero) is 1. The average molecular weight is 472 g/mol. The lowest BCUT2D eigenvalue weighted by molar-refractivity contribution is -0.140. The van der Waals surface area contributed by atoms with Gasteiger partial charge < -0.3 is 24.2 Å². The third-order valence-electron chi connectivity index (χ3n) is 5.90. The van der Waals surface area contributed by atoms with Gasteiger partial charge in [-0.15, -0.1) is 0 Å². The highest BCUT2D eigenvalue weighted by atomic mass is 35.5. The highest BCUT2D eigenvalue weighted by Crippen LogP contribution is 2.41. The summed E-state index contributed by atoms with van der Waals surface area (Å²) in [5, 5.41) is 11.6. The van der Waals surface area contributed by atoms with Crippen molar-refractivity contribution in [2.24, 2.45) is 0 Å². The number of carbonyl (C=O) groups excluding carboxylic acids is 2. The second-order valence-corrected chi connectivity index (χ2v) is 8.35. The minimum absolute atomic E-state index is 0.0212. The van der Waals surface area contributed by atoms with Crippen LogP contribution in [0.4, 0.5) is 0 Å². The van der Waals surface area contributed by atoms with Gasteiger partial charge in [0.2, 0.25) is 0 Å². The highest BCUT2D eigenvalue weighted by Gasteiger charge is 2.47. The van der Waals surface area contributed by atoms with Gasteiger partial charge >= 0.3 is 0 Å². The van der Waals surface area contributed by atoms with Gasteiger partial charge in [0.15, 0.2) is 0 Å². The maximum absolute atomic E-state index is 13.2. The molecule has 0 spiro atoms. The SMILES string of the molecule is CCOc1cc(/C(O)=C2/C(=O)C(=O)N(CC3CCCO3)C2c2ccc(OC)cc2)ccc1Cl. The number of benzene rings is 2. The number of methoxy groups -OCH3 is 1. The molecule has 2 unspecified atom stereocenters. The Kier molecular flexibility index (Phi) is 6.91. The average Bonchev–Trinajstić information content (AvgIpc) is 3.43. The molecule has 2 fully saturated rings.